The Morgan fingerprint density at radius 3 is 2.58 bits per heavy atom. The molecule has 68 valence electrons. The van der Waals surface area contributed by atoms with Gasteiger partial charge in [0.15, 0.2) is 6.10 Å². The summed E-state index contributed by atoms with van der Waals surface area (Å²) in [6, 6.07) is 2.95. The van der Waals surface area contributed by atoms with Crippen molar-refractivity contribution in [3.05, 3.63) is 24.0 Å². The predicted octanol–water partition coefficient (Wildman–Crippen LogP) is 1.89. The van der Waals surface area contributed by atoms with Crippen LogP contribution >= 0.6 is 11.6 Å². The molecular formula is C7H8ClF2NO. The molecule has 0 aliphatic heterocycles. The summed E-state index contributed by atoms with van der Waals surface area (Å²) in [5.74, 6) is 0. The van der Waals surface area contributed by atoms with E-state index in [1.807, 2.05) is 0 Å². The lowest BCUT2D eigenvalue weighted by Gasteiger charge is -2.16. The Balaban J connectivity index is 2.92. The average Bonchev–Trinajstić information content (AvgIpc) is 2.31. The minimum absolute atomic E-state index is 0.0926. The lowest BCUT2D eigenvalue weighted by atomic mass is 10.2. The van der Waals surface area contributed by atoms with Gasteiger partial charge in [-0.1, -0.05) is 0 Å². The fraction of sp³-hybridized carbons (Fsp3) is 0.429. The normalized spacial score (nSPS) is 14.8. The van der Waals surface area contributed by atoms with Gasteiger partial charge in [0, 0.05) is 13.2 Å². The number of hydrogen-bond acceptors (Lipinski definition) is 1. The molecule has 0 amide bonds. The highest BCUT2D eigenvalue weighted by Crippen LogP contribution is 2.34. The summed E-state index contributed by atoms with van der Waals surface area (Å²) < 4.78 is 26.1. The summed E-state index contributed by atoms with van der Waals surface area (Å²) in [5.41, 5.74) is 0.0926. The third kappa shape index (κ3) is 1.76. The van der Waals surface area contributed by atoms with E-state index in [2.05, 4.69) is 11.6 Å². The summed E-state index contributed by atoms with van der Waals surface area (Å²) in [6.07, 6.45) is -0.402. The van der Waals surface area contributed by atoms with Gasteiger partial charge in [0.1, 0.15) is 0 Å². The van der Waals surface area contributed by atoms with Crippen LogP contribution in [0.4, 0.5) is 8.78 Å². The monoisotopic (exact) mass is 195 g/mol. The van der Waals surface area contributed by atoms with E-state index in [4.69, 9.17) is 5.11 Å². The Morgan fingerprint density at radius 1 is 1.67 bits per heavy atom. The van der Waals surface area contributed by atoms with Crippen molar-refractivity contribution in [1.82, 2.24) is 4.57 Å². The van der Waals surface area contributed by atoms with Crippen molar-refractivity contribution in [2.75, 3.05) is 0 Å². The Labute approximate surface area is 73.4 Å². The largest absolute Gasteiger partial charge is 0.379 e. The zero-order valence-corrected chi connectivity index (χ0v) is 7.09. The highest BCUT2D eigenvalue weighted by molar-refractivity contribution is 6.22. The summed E-state index contributed by atoms with van der Waals surface area (Å²) >= 11 is 4.65. The smallest absolute Gasteiger partial charge is 0.352 e. The van der Waals surface area contributed by atoms with Gasteiger partial charge in [-0.3, -0.25) is 0 Å². The fourth-order valence-corrected chi connectivity index (χ4v) is 1.04. The molecule has 2 nitrogen and oxygen atoms in total. The van der Waals surface area contributed by atoms with Crippen molar-refractivity contribution in [3.63, 3.8) is 0 Å². The first kappa shape index (κ1) is 9.48. The first-order chi connectivity index (χ1) is 5.43. The lowest BCUT2D eigenvalue weighted by molar-refractivity contribution is -0.0459. The van der Waals surface area contributed by atoms with Crippen molar-refractivity contribution in [1.29, 1.82) is 0 Å². The van der Waals surface area contributed by atoms with E-state index in [1.165, 1.54) is 10.6 Å². The molecule has 0 saturated carbocycles. The summed E-state index contributed by atoms with van der Waals surface area (Å²) in [5, 5.41) is 5.41. The Kier molecular flexibility index (Phi) is 2.39. The second-order valence-corrected chi connectivity index (χ2v) is 2.99. The molecule has 0 fully saturated rings. The molecule has 0 saturated heterocycles. The topological polar surface area (TPSA) is 25.2 Å². The number of rotatable bonds is 2. The number of aliphatic hydroxyl groups excluding tert-OH is 1. The number of alkyl halides is 3. The third-order valence-electron chi connectivity index (χ3n) is 1.57. The van der Waals surface area contributed by atoms with Gasteiger partial charge in [-0.15, -0.1) is 0 Å². The number of halogens is 3. The highest BCUT2D eigenvalue weighted by Gasteiger charge is 2.37. The molecule has 1 unspecified atom stereocenters. The zero-order chi connectivity index (χ0) is 9.35. The van der Waals surface area contributed by atoms with Crippen LogP contribution in [0.3, 0.4) is 0 Å². The minimum atomic E-state index is -3.62. The molecule has 0 spiro atoms. The van der Waals surface area contributed by atoms with Crippen LogP contribution in [0.2, 0.25) is 0 Å². The van der Waals surface area contributed by atoms with Gasteiger partial charge in [0.05, 0.1) is 5.69 Å². The minimum Gasteiger partial charge on any atom is -0.379 e. The predicted molar refractivity (Wildman–Crippen MR) is 41.2 cm³/mol. The second-order valence-electron chi connectivity index (χ2n) is 2.49. The van der Waals surface area contributed by atoms with Crippen LogP contribution in [0, 0.1) is 0 Å². The lowest BCUT2D eigenvalue weighted by Crippen LogP contribution is -2.20. The van der Waals surface area contributed by atoms with Crippen molar-refractivity contribution in [2.45, 2.75) is 11.5 Å². The van der Waals surface area contributed by atoms with Crippen molar-refractivity contribution in [2.24, 2.45) is 7.05 Å². The Bertz CT molecular complexity index is 269. The molecule has 5 heteroatoms. The Morgan fingerprint density at radius 2 is 2.25 bits per heavy atom. The maximum atomic E-state index is 12.4. The molecule has 0 bridgehead atoms. The van der Waals surface area contributed by atoms with Crippen LogP contribution in [-0.4, -0.2) is 15.1 Å². The molecule has 1 aromatic rings. The number of aryl methyl sites for hydroxylation is 1. The quantitative estimate of drug-likeness (QED) is 0.717. The summed E-state index contributed by atoms with van der Waals surface area (Å²) in [7, 11) is 1.56. The maximum Gasteiger partial charge on any atom is 0.352 e. The van der Waals surface area contributed by atoms with E-state index in [9.17, 15) is 8.78 Å². The summed E-state index contributed by atoms with van der Waals surface area (Å²) in [4.78, 5) is 0. The molecule has 0 aliphatic rings. The van der Waals surface area contributed by atoms with Crippen LogP contribution in [0.15, 0.2) is 18.3 Å². The first-order valence-corrected chi connectivity index (χ1v) is 3.66. The second kappa shape index (κ2) is 3.03. The molecule has 1 heterocycles. The van der Waals surface area contributed by atoms with Crippen molar-refractivity contribution < 1.29 is 13.9 Å². The van der Waals surface area contributed by atoms with Gasteiger partial charge in [-0.05, 0) is 23.7 Å². The van der Waals surface area contributed by atoms with Crippen molar-refractivity contribution in [3.8, 4) is 0 Å². The fourth-order valence-electron chi connectivity index (χ4n) is 0.926. The van der Waals surface area contributed by atoms with Gasteiger partial charge < -0.3 is 9.67 Å². The third-order valence-corrected chi connectivity index (χ3v) is 1.78. The van der Waals surface area contributed by atoms with Gasteiger partial charge in [-0.2, -0.15) is 8.78 Å². The zero-order valence-electron chi connectivity index (χ0n) is 6.34. The number of aliphatic hydroxyl groups is 1. The van der Waals surface area contributed by atoms with Gasteiger partial charge in [0.2, 0.25) is 0 Å². The maximum absolute atomic E-state index is 12.4. The van der Waals surface area contributed by atoms with Gasteiger partial charge in [-0.25, -0.2) is 0 Å². The van der Waals surface area contributed by atoms with E-state index >= 15 is 0 Å². The van der Waals surface area contributed by atoms with Crippen LogP contribution in [0.1, 0.15) is 11.8 Å². The van der Waals surface area contributed by atoms with Gasteiger partial charge >= 0.3 is 5.38 Å². The molecule has 0 aromatic carbocycles. The van der Waals surface area contributed by atoms with E-state index < -0.39 is 11.5 Å². The van der Waals surface area contributed by atoms with E-state index in [-0.39, 0.29) is 5.69 Å². The highest BCUT2D eigenvalue weighted by atomic mass is 35.5. The van der Waals surface area contributed by atoms with Crippen LogP contribution in [0.5, 0.6) is 0 Å². The molecule has 1 rings (SSSR count). The van der Waals surface area contributed by atoms with Crippen LogP contribution in [-0.2, 0) is 7.05 Å². The van der Waals surface area contributed by atoms with Gasteiger partial charge in [0.25, 0.3) is 0 Å². The molecule has 1 aromatic heterocycles. The number of aromatic nitrogens is 1. The molecule has 0 radical (unpaired) electrons. The van der Waals surface area contributed by atoms with Crippen LogP contribution in [0.25, 0.3) is 0 Å². The molecule has 1 N–H and O–H groups in total. The molecule has 0 aliphatic carbocycles. The van der Waals surface area contributed by atoms with E-state index in [1.54, 1.807) is 19.3 Å². The van der Waals surface area contributed by atoms with Crippen LogP contribution < -0.4 is 0 Å². The molecular weight excluding hydrogens is 188 g/mol. The van der Waals surface area contributed by atoms with E-state index in [0.29, 0.717) is 0 Å². The number of hydrogen-bond donors (Lipinski definition) is 1. The summed E-state index contributed by atoms with van der Waals surface area (Å²) in [6.45, 7) is 0. The first-order valence-electron chi connectivity index (χ1n) is 3.29. The standard InChI is InChI=1S/C7H8ClF2NO/c1-11-4-2-3-5(11)6(12)7(8,9)10/h2-4,6,12H,1H3. The van der Waals surface area contributed by atoms with Crippen molar-refractivity contribution >= 4 is 11.6 Å². The molecule has 12 heavy (non-hydrogen) atoms. The Hall–Kier alpha value is -0.610. The SMILES string of the molecule is Cn1cccc1C(O)C(F)(F)Cl. The molecule has 1 atom stereocenters. The van der Waals surface area contributed by atoms with E-state index in [0.717, 1.165) is 0 Å². The number of nitrogens with zero attached hydrogens (tertiary/aromatic N) is 1. The average molecular weight is 196 g/mol.